The Bertz CT molecular complexity index is 1300. The largest absolute Gasteiger partial charge is 0.298 e. The molecule has 9 nitrogen and oxygen atoms in total. The Kier molecular flexibility index (Phi) is 7.05. The average Bonchev–Trinajstić information content (AvgIpc) is 3.32. The van der Waals surface area contributed by atoms with E-state index in [2.05, 4.69) is 10.3 Å². The SMILES string of the molecule is CN(C1CCCCC1)S(=O)(=O)c1ccc(C(=O)Nc2nc(-c3cccc([N+](=O)[O-])c3)cs2)cc1. The minimum absolute atomic E-state index is 0.00636. The summed E-state index contributed by atoms with van der Waals surface area (Å²) in [6, 6.07) is 12.0. The molecule has 4 rings (SSSR count). The number of benzene rings is 2. The predicted octanol–water partition coefficient (Wildman–Crippen LogP) is 4.92. The fourth-order valence-electron chi connectivity index (χ4n) is 4.00. The maximum atomic E-state index is 13.0. The molecule has 0 atom stereocenters. The van der Waals surface area contributed by atoms with Crippen LogP contribution in [0, 0.1) is 10.1 Å². The van der Waals surface area contributed by atoms with Gasteiger partial charge in [0.15, 0.2) is 5.13 Å². The Labute approximate surface area is 201 Å². The topological polar surface area (TPSA) is 123 Å². The van der Waals surface area contributed by atoms with E-state index in [4.69, 9.17) is 0 Å². The summed E-state index contributed by atoms with van der Waals surface area (Å²) < 4.78 is 27.4. The number of nitrogens with zero attached hydrogens (tertiary/aromatic N) is 3. The number of carbonyl (C=O) groups excluding carboxylic acids is 1. The molecule has 0 radical (unpaired) electrons. The molecule has 1 amide bonds. The lowest BCUT2D eigenvalue weighted by Gasteiger charge is -2.30. The fraction of sp³-hybridized carbons (Fsp3) is 0.304. The Morgan fingerprint density at radius 3 is 2.53 bits per heavy atom. The van der Waals surface area contributed by atoms with Crippen molar-refractivity contribution >= 4 is 38.1 Å². The molecule has 11 heteroatoms. The van der Waals surface area contributed by atoms with E-state index < -0.39 is 20.9 Å². The van der Waals surface area contributed by atoms with Crippen LogP contribution in [0.2, 0.25) is 0 Å². The molecule has 178 valence electrons. The van der Waals surface area contributed by atoms with E-state index in [1.807, 2.05) is 0 Å². The zero-order valence-corrected chi connectivity index (χ0v) is 20.1. The van der Waals surface area contributed by atoms with Crippen molar-refractivity contribution in [2.24, 2.45) is 0 Å². The van der Waals surface area contributed by atoms with Crippen molar-refractivity contribution in [1.29, 1.82) is 0 Å². The molecule has 1 heterocycles. The van der Waals surface area contributed by atoms with Crippen LogP contribution >= 0.6 is 11.3 Å². The third-order valence-corrected chi connectivity index (χ3v) is 8.64. The second-order valence-corrected chi connectivity index (χ2v) is 11.0. The van der Waals surface area contributed by atoms with Gasteiger partial charge >= 0.3 is 0 Å². The Morgan fingerprint density at radius 2 is 1.85 bits per heavy atom. The summed E-state index contributed by atoms with van der Waals surface area (Å²) in [5, 5.41) is 15.7. The number of amides is 1. The summed E-state index contributed by atoms with van der Waals surface area (Å²) in [5.41, 5.74) is 1.34. The summed E-state index contributed by atoms with van der Waals surface area (Å²) in [6.07, 6.45) is 4.93. The molecule has 2 aromatic carbocycles. The minimum atomic E-state index is -3.63. The molecular formula is C23H24N4O5S2. The molecule has 1 aromatic heterocycles. The number of hydrogen-bond acceptors (Lipinski definition) is 7. The second-order valence-electron chi connectivity index (χ2n) is 8.14. The second kappa shape index (κ2) is 10.00. The highest BCUT2D eigenvalue weighted by molar-refractivity contribution is 7.89. The molecule has 1 fully saturated rings. The van der Waals surface area contributed by atoms with E-state index in [9.17, 15) is 23.3 Å². The van der Waals surface area contributed by atoms with E-state index in [1.165, 1.54) is 52.0 Å². The van der Waals surface area contributed by atoms with Crippen molar-refractivity contribution in [2.45, 2.75) is 43.0 Å². The highest BCUT2D eigenvalue weighted by Crippen LogP contribution is 2.29. The van der Waals surface area contributed by atoms with Crippen molar-refractivity contribution in [3.8, 4) is 11.3 Å². The number of nitrogens with one attached hydrogen (secondary N) is 1. The van der Waals surface area contributed by atoms with Crippen LogP contribution in [0.25, 0.3) is 11.3 Å². The molecule has 0 aliphatic heterocycles. The first-order valence-corrected chi connectivity index (χ1v) is 13.2. The van der Waals surface area contributed by atoms with Crippen LogP contribution in [0.1, 0.15) is 42.5 Å². The Morgan fingerprint density at radius 1 is 1.15 bits per heavy atom. The fourth-order valence-corrected chi connectivity index (χ4v) is 6.13. The predicted molar refractivity (Wildman–Crippen MR) is 130 cm³/mol. The van der Waals surface area contributed by atoms with Gasteiger partial charge in [0.05, 0.1) is 15.5 Å². The summed E-state index contributed by atoms with van der Waals surface area (Å²) in [7, 11) is -2.02. The lowest BCUT2D eigenvalue weighted by atomic mass is 9.96. The van der Waals surface area contributed by atoms with E-state index in [1.54, 1.807) is 24.6 Å². The molecule has 0 unspecified atom stereocenters. The monoisotopic (exact) mass is 500 g/mol. The van der Waals surface area contributed by atoms with Crippen molar-refractivity contribution in [2.75, 3.05) is 12.4 Å². The highest BCUT2D eigenvalue weighted by atomic mass is 32.2. The van der Waals surface area contributed by atoms with Crippen molar-refractivity contribution < 1.29 is 18.1 Å². The summed E-state index contributed by atoms with van der Waals surface area (Å²) in [5.74, 6) is -0.426. The van der Waals surface area contributed by atoms with E-state index in [0.29, 0.717) is 22.0 Å². The first kappa shape index (κ1) is 24.0. The van der Waals surface area contributed by atoms with Crippen LogP contribution < -0.4 is 5.32 Å². The number of nitro benzene ring substituents is 1. The van der Waals surface area contributed by atoms with Gasteiger partial charge in [-0.1, -0.05) is 31.4 Å². The summed E-state index contributed by atoms with van der Waals surface area (Å²) in [4.78, 5) is 27.7. The lowest BCUT2D eigenvalue weighted by molar-refractivity contribution is -0.384. The van der Waals surface area contributed by atoms with Gasteiger partial charge in [-0.2, -0.15) is 4.31 Å². The molecule has 1 N–H and O–H groups in total. The van der Waals surface area contributed by atoms with Crippen LogP contribution in [-0.2, 0) is 10.0 Å². The van der Waals surface area contributed by atoms with Crippen molar-refractivity contribution in [1.82, 2.24) is 9.29 Å². The molecule has 34 heavy (non-hydrogen) atoms. The maximum absolute atomic E-state index is 13.0. The van der Waals surface area contributed by atoms with Gasteiger partial charge in [-0.3, -0.25) is 20.2 Å². The normalized spacial score (nSPS) is 14.8. The number of aromatic nitrogens is 1. The zero-order valence-electron chi connectivity index (χ0n) is 18.5. The van der Waals surface area contributed by atoms with Gasteiger partial charge in [-0.25, -0.2) is 13.4 Å². The summed E-state index contributed by atoms with van der Waals surface area (Å²) in [6.45, 7) is 0. The smallest absolute Gasteiger partial charge is 0.270 e. The molecule has 0 saturated heterocycles. The Balaban J connectivity index is 1.44. The van der Waals surface area contributed by atoms with Gasteiger partial charge in [-0.05, 0) is 37.1 Å². The first-order valence-electron chi connectivity index (χ1n) is 10.9. The molecule has 3 aromatic rings. The van der Waals surface area contributed by atoms with Gasteiger partial charge < -0.3 is 0 Å². The number of nitro groups is 1. The standard InChI is InChI=1S/C23H24N4O5S2/c1-26(18-7-3-2-4-8-18)34(31,32)20-12-10-16(11-13-20)22(28)25-23-24-21(15-33-23)17-6-5-9-19(14-17)27(29)30/h5-6,9-15,18H,2-4,7-8H2,1H3,(H,24,25,28). The number of non-ortho nitro benzene ring substituents is 1. The highest BCUT2D eigenvalue weighted by Gasteiger charge is 2.29. The quantitative estimate of drug-likeness (QED) is 0.363. The van der Waals surface area contributed by atoms with E-state index in [-0.39, 0.29) is 16.6 Å². The van der Waals surface area contributed by atoms with E-state index in [0.717, 1.165) is 32.1 Å². The molecule has 1 aliphatic rings. The number of anilines is 1. The van der Waals surface area contributed by atoms with Gasteiger partial charge in [0.1, 0.15) is 0 Å². The number of thiazole rings is 1. The molecule has 1 saturated carbocycles. The van der Waals surface area contributed by atoms with Crippen LogP contribution in [0.3, 0.4) is 0 Å². The van der Waals surface area contributed by atoms with Crippen LogP contribution in [0.15, 0.2) is 58.8 Å². The third kappa shape index (κ3) is 5.16. The molecule has 0 bridgehead atoms. The van der Waals surface area contributed by atoms with Crippen molar-refractivity contribution in [3.63, 3.8) is 0 Å². The Hall–Kier alpha value is -3.15. The van der Waals surface area contributed by atoms with Gasteiger partial charge in [0.25, 0.3) is 11.6 Å². The molecule has 1 aliphatic carbocycles. The number of sulfonamides is 1. The number of hydrogen-bond donors (Lipinski definition) is 1. The van der Waals surface area contributed by atoms with E-state index >= 15 is 0 Å². The van der Waals surface area contributed by atoms with Crippen LogP contribution in [-0.4, -0.2) is 41.6 Å². The lowest BCUT2D eigenvalue weighted by Crippen LogP contribution is -2.38. The average molecular weight is 501 g/mol. The minimum Gasteiger partial charge on any atom is -0.298 e. The third-order valence-electron chi connectivity index (χ3n) is 5.96. The van der Waals surface area contributed by atoms with Gasteiger partial charge in [-0.15, -0.1) is 11.3 Å². The molecular weight excluding hydrogens is 476 g/mol. The zero-order chi connectivity index (χ0) is 24.3. The number of rotatable bonds is 7. The molecule has 0 spiro atoms. The maximum Gasteiger partial charge on any atom is 0.270 e. The van der Waals surface area contributed by atoms with Gasteiger partial charge in [0, 0.05) is 41.7 Å². The number of carbonyl (C=O) groups is 1. The van der Waals surface area contributed by atoms with Gasteiger partial charge in [0.2, 0.25) is 10.0 Å². The first-order chi connectivity index (χ1) is 16.3. The summed E-state index contributed by atoms with van der Waals surface area (Å²) >= 11 is 1.19. The van der Waals surface area contributed by atoms with Crippen LogP contribution in [0.5, 0.6) is 0 Å². The van der Waals surface area contributed by atoms with Crippen LogP contribution in [0.4, 0.5) is 10.8 Å². The van der Waals surface area contributed by atoms with Crippen molar-refractivity contribution in [3.05, 3.63) is 69.6 Å².